The van der Waals surface area contributed by atoms with Gasteiger partial charge in [0.25, 0.3) is 0 Å². The molecule has 2 rings (SSSR count). The maximum atomic E-state index is 9.96. The molecule has 0 saturated carbocycles. The molecule has 0 aliphatic carbocycles. The van der Waals surface area contributed by atoms with Gasteiger partial charge < -0.3 is 35.6 Å². The van der Waals surface area contributed by atoms with Crippen molar-refractivity contribution in [3.63, 3.8) is 0 Å². The summed E-state index contributed by atoms with van der Waals surface area (Å²) >= 11 is 0. The van der Waals surface area contributed by atoms with Gasteiger partial charge in [0.1, 0.15) is 30.1 Å². The number of aromatic nitrogens is 3. The molecule has 10 nitrogen and oxygen atoms in total. The van der Waals surface area contributed by atoms with Crippen molar-refractivity contribution < 1.29 is 29.9 Å². The van der Waals surface area contributed by atoms with Gasteiger partial charge in [-0.2, -0.15) is 0 Å². The first-order valence-electron chi connectivity index (χ1n) is 8.95. The Morgan fingerprint density at radius 3 is 2.65 bits per heavy atom. The fourth-order valence-electron chi connectivity index (χ4n) is 2.93. The van der Waals surface area contributed by atoms with E-state index in [1.807, 2.05) is 6.92 Å². The van der Waals surface area contributed by atoms with Gasteiger partial charge in [0, 0.05) is 12.6 Å². The lowest BCUT2D eigenvalue weighted by Gasteiger charge is -2.40. The highest BCUT2D eigenvalue weighted by Crippen LogP contribution is 2.24. The largest absolute Gasteiger partial charge is 0.394 e. The summed E-state index contributed by atoms with van der Waals surface area (Å²) in [5, 5.41) is 46.6. The van der Waals surface area contributed by atoms with E-state index in [2.05, 4.69) is 10.3 Å². The number of rotatable bonds is 10. The van der Waals surface area contributed by atoms with Crippen LogP contribution in [0.15, 0.2) is 6.20 Å². The fourth-order valence-corrected chi connectivity index (χ4v) is 2.93. The third kappa shape index (κ3) is 5.95. The van der Waals surface area contributed by atoms with Gasteiger partial charge >= 0.3 is 0 Å². The minimum atomic E-state index is -1.32. The van der Waals surface area contributed by atoms with Crippen molar-refractivity contribution in [3.05, 3.63) is 11.9 Å². The number of aliphatic hydroxyl groups is 4. The van der Waals surface area contributed by atoms with Gasteiger partial charge in [-0.3, -0.25) is 4.68 Å². The standard InChI is InChI=1S/C16H30N4O6/c1-10(17)6-20-7-11(18-19-20)9-25-5-3-2-4-12-14(22)16(24)15(23)13(8-21)26-12/h7,10,12-16,21-24H,2-6,8-9,17H2,1H3. The van der Waals surface area contributed by atoms with Gasteiger partial charge in [-0.05, 0) is 26.2 Å². The van der Waals surface area contributed by atoms with Gasteiger partial charge in [0.15, 0.2) is 0 Å². The first-order valence-corrected chi connectivity index (χ1v) is 8.95. The van der Waals surface area contributed by atoms with Crippen LogP contribution in [0.4, 0.5) is 0 Å². The van der Waals surface area contributed by atoms with Gasteiger partial charge in [-0.15, -0.1) is 5.10 Å². The van der Waals surface area contributed by atoms with Crippen molar-refractivity contribution in [1.29, 1.82) is 0 Å². The first-order chi connectivity index (χ1) is 12.4. The van der Waals surface area contributed by atoms with Crippen molar-refractivity contribution in [2.24, 2.45) is 5.73 Å². The van der Waals surface area contributed by atoms with Crippen LogP contribution in [-0.2, 0) is 22.6 Å². The molecular weight excluding hydrogens is 344 g/mol. The quantitative estimate of drug-likeness (QED) is 0.297. The minimum Gasteiger partial charge on any atom is -0.394 e. The molecule has 26 heavy (non-hydrogen) atoms. The number of nitrogens with two attached hydrogens (primary N) is 1. The van der Waals surface area contributed by atoms with E-state index in [-0.39, 0.29) is 6.04 Å². The highest BCUT2D eigenvalue weighted by Gasteiger charge is 2.42. The monoisotopic (exact) mass is 374 g/mol. The minimum absolute atomic E-state index is 0.00730. The number of hydrogen-bond donors (Lipinski definition) is 5. The van der Waals surface area contributed by atoms with Crippen LogP contribution in [0.5, 0.6) is 0 Å². The average Bonchev–Trinajstić information content (AvgIpc) is 3.04. The molecule has 2 heterocycles. The number of aliphatic hydroxyl groups excluding tert-OH is 4. The number of hydrogen-bond acceptors (Lipinski definition) is 9. The fraction of sp³-hybridized carbons (Fsp3) is 0.875. The summed E-state index contributed by atoms with van der Waals surface area (Å²) in [6.45, 7) is 2.96. The maximum absolute atomic E-state index is 9.96. The molecule has 0 aromatic carbocycles. The van der Waals surface area contributed by atoms with E-state index in [1.165, 1.54) is 0 Å². The molecule has 6 unspecified atom stereocenters. The molecule has 0 spiro atoms. The number of nitrogens with zero attached hydrogens (tertiary/aromatic N) is 3. The number of unbranched alkanes of at least 4 members (excludes halogenated alkanes) is 1. The lowest BCUT2D eigenvalue weighted by Crippen LogP contribution is -2.58. The second-order valence-electron chi connectivity index (χ2n) is 6.82. The Bertz CT molecular complexity index is 527. The lowest BCUT2D eigenvalue weighted by molar-refractivity contribution is -0.230. The van der Waals surface area contributed by atoms with E-state index in [0.717, 1.165) is 12.1 Å². The maximum Gasteiger partial charge on any atom is 0.111 e. The zero-order chi connectivity index (χ0) is 19.1. The summed E-state index contributed by atoms with van der Waals surface area (Å²) in [5.74, 6) is 0. The van der Waals surface area contributed by atoms with Crippen molar-refractivity contribution in [3.8, 4) is 0 Å². The molecule has 0 bridgehead atoms. The average molecular weight is 374 g/mol. The molecule has 0 radical (unpaired) electrons. The van der Waals surface area contributed by atoms with E-state index in [9.17, 15) is 15.3 Å². The third-order valence-electron chi connectivity index (χ3n) is 4.33. The van der Waals surface area contributed by atoms with E-state index in [0.29, 0.717) is 32.6 Å². The van der Waals surface area contributed by atoms with E-state index < -0.39 is 37.1 Å². The molecule has 150 valence electrons. The van der Waals surface area contributed by atoms with Crippen molar-refractivity contribution in [2.75, 3.05) is 13.2 Å². The molecule has 10 heteroatoms. The molecule has 6 atom stereocenters. The van der Waals surface area contributed by atoms with Gasteiger partial charge in [0.05, 0.1) is 32.1 Å². The van der Waals surface area contributed by atoms with Gasteiger partial charge in [0.2, 0.25) is 0 Å². The molecule has 1 aromatic rings. The summed E-state index contributed by atoms with van der Waals surface area (Å²) in [4.78, 5) is 0. The van der Waals surface area contributed by atoms with Crippen molar-refractivity contribution in [2.45, 2.75) is 75.9 Å². The first kappa shape index (κ1) is 21.2. The number of ether oxygens (including phenoxy) is 2. The third-order valence-corrected chi connectivity index (χ3v) is 4.33. The molecule has 1 saturated heterocycles. The van der Waals surface area contributed by atoms with Crippen LogP contribution in [0.1, 0.15) is 31.9 Å². The molecule has 6 N–H and O–H groups in total. The second-order valence-corrected chi connectivity index (χ2v) is 6.82. The zero-order valence-corrected chi connectivity index (χ0v) is 15.0. The normalized spacial score (nSPS) is 30.5. The molecule has 0 amide bonds. The van der Waals surface area contributed by atoms with Gasteiger partial charge in [-0.25, -0.2) is 0 Å². The Hall–Kier alpha value is -1.14. The predicted molar refractivity (Wildman–Crippen MR) is 90.9 cm³/mol. The van der Waals surface area contributed by atoms with Crippen LogP contribution < -0.4 is 5.73 Å². The topological polar surface area (TPSA) is 156 Å². The van der Waals surface area contributed by atoms with Crippen LogP contribution in [0, 0.1) is 0 Å². The Morgan fingerprint density at radius 2 is 1.96 bits per heavy atom. The van der Waals surface area contributed by atoms with E-state index in [4.69, 9.17) is 20.3 Å². The summed E-state index contributed by atoms with van der Waals surface area (Å²) < 4.78 is 12.7. The smallest absolute Gasteiger partial charge is 0.111 e. The van der Waals surface area contributed by atoms with Crippen molar-refractivity contribution in [1.82, 2.24) is 15.0 Å². The Labute approximate surface area is 152 Å². The molecule has 1 fully saturated rings. The zero-order valence-electron chi connectivity index (χ0n) is 15.0. The Morgan fingerprint density at radius 1 is 1.23 bits per heavy atom. The van der Waals surface area contributed by atoms with Crippen LogP contribution >= 0.6 is 0 Å². The van der Waals surface area contributed by atoms with Crippen molar-refractivity contribution >= 4 is 0 Å². The summed E-state index contributed by atoms with van der Waals surface area (Å²) in [7, 11) is 0. The van der Waals surface area contributed by atoms with Crippen LogP contribution in [0.25, 0.3) is 0 Å². The van der Waals surface area contributed by atoms with Crippen LogP contribution in [0.2, 0.25) is 0 Å². The summed E-state index contributed by atoms with van der Waals surface area (Å²) in [6.07, 6.45) is -1.53. The summed E-state index contributed by atoms with van der Waals surface area (Å²) in [6, 6.07) is 0.00730. The molecule has 1 aliphatic heterocycles. The van der Waals surface area contributed by atoms with Crippen LogP contribution in [0.3, 0.4) is 0 Å². The summed E-state index contributed by atoms with van der Waals surface area (Å²) in [5.41, 5.74) is 6.44. The Balaban J connectivity index is 1.62. The van der Waals surface area contributed by atoms with E-state index in [1.54, 1.807) is 10.9 Å². The predicted octanol–water partition coefficient (Wildman–Crippen LogP) is -1.85. The van der Waals surface area contributed by atoms with Gasteiger partial charge in [-0.1, -0.05) is 5.21 Å². The second kappa shape index (κ2) is 10.3. The van der Waals surface area contributed by atoms with E-state index >= 15 is 0 Å². The molecular formula is C16H30N4O6. The highest BCUT2D eigenvalue weighted by molar-refractivity contribution is 4.92. The molecule has 1 aromatic heterocycles. The SMILES string of the molecule is CC(N)Cn1cc(COCCCCC2OC(CO)C(O)C(O)C2O)nn1. The highest BCUT2D eigenvalue weighted by atomic mass is 16.5. The van der Waals surface area contributed by atoms with Crippen LogP contribution in [-0.4, -0.2) is 85.2 Å². The lowest BCUT2D eigenvalue weighted by atomic mass is 9.92. The molecule has 1 aliphatic rings. The Kier molecular flexibility index (Phi) is 8.35.